The number of alkyl halides is 3. The molecule has 4 aromatic rings. The minimum absolute atomic E-state index is 0.00713. The molecule has 5 nitrogen and oxygen atoms in total. The predicted molar refractivity (Wildman–Crippen MR) is 123 cm³/mol. The van der Waals surface area contributed by atoms with Gasteiger partial charge in [-0.3, -0.25) is 4.79 Å². The van der Waals surface area contributed by atoms with Crippen LogP contribution in [0, 0.1) is 0 Å². The summed E-state index contributed by atoms with van der Waals surface area (Å²) in [4.78, 5) is 22.6. The number of hydrogen-bond donors (Lipinski definition) is 0. The number of carbonyl (C=O) groups excluding carboxylic acids is 1. The highest BCUT2D eigenvalue weighted by atomic mass is 32.2. The van der Waals surface area contributed by atoms with Crippen molar-refractivity contribution < 1.29 is 22.4 Å². The van der Waals surface area contributed by atoms with Crippen molar-refractivity contribution in [2.45, 2.75) is 24.4 Å². The molecule has 2 aromatic carbocycles. The molecule has 4 rings (SSSR count). The summed E-state index contributed by atoms with van der Waals surface area (Å²) in [5.41, 5.74) is 0.821. The number of rotatable bonds is 8. The monoisotopic (exact) mass is 483 g/mol. The van der Waals surface area contributed by atoms with Crippen molar-refractivity contribution in [2.24, 2.45) is 0 Å². The van der Waals surface area contributed by atoms with E-state index in [0.717, 1.165) is 29.0 Å². The fraction of sp³-hybridized carbons (Fsp3) is 0.160. The van der Waals surface area contributed by atoms with E-state index in [1.54, 1.807) is 11.0 Å². The maximum absolute atomic E-state index is 13.4. The molecule has 0 spiro atoms. The normalized spacial score (nSPS) is 11.4. The highest BCUT2D eigenvalue weighted by Gasteiger charge is 2.34. The Morgan fingerprint density at radius 1 is 0.882 bits per heavy atom. The second kappa shape index (κ2) is 10.6. The maximum Gasteiger partial charge on any atom is 0.433 e. The lowest BCUT2D eigenvalue weighted by molar-refractivity contribution is -0.141. The van der Waals surface area contributed by atoms with Gasteiger partial charge in [0.1, 0.15) is 11.4 Å². The lowest BCUT2D eigenvalue weighted by Gasteiger charge is -2.23. The van der Waals surface area contributed by atoms with Gasteiger partial charge < -0.3 is 9.32 Å². The second-order valence-electron chi connectivity index (χ2n) is 7.41. The van der Waals surface area contributed by atoms with Crippen LogP contribution in [0.15, 0.2) is 94.7 Å². The third kappa shape index (κ3) is 6.26. The van der Waals surface area contributed by atoms with Gasteiger partial charge in [-0.05, 0) is 29.3 Å². The van der Waals surface area contributed by atoms with Crippen LogP contribution in [-0.2, 0) is 24.1 Å². The number of furan rings is 1. The van der Waals surface area contributed by atoms with Crippen molar-refractivity contribution in [3.05, 3.63) is 102 Å². The molecule has 0 N–H and O–H groups in total. The first-order chi connectivity index (χ1) is 16.4. The summed E-state index contributed by atoms with van der Waals surface area (Å²) in [7, 11) is 0. The molecule has 2 aromatic heterocycles. The molecule has 0 aliphatic carbocycles. The third-order valence-corrected chi connectivity index (χ3v) is 5.71. The minimum atomic E-state index is -4.66. The molecule has 0 saturated carbocycles. The van der Waals surface area contributed by atoms with Crippen molar-refractivity contribution >= 4 is 17.7 Å². The molecule has 0 bridgehead atoms. The molecular formula is C25H20F3N3O2S. The van der Waals surface area contributed by atoms with Crippen molar-refractivity contribution in [3.8, 4) is 11.5 Å². The zero-order chi connectivity index (χ0) is 24.0. The zero-order valence-corrected chi connectivity index (χ0v) is 18.7. The predicted octanol–water partition coefficient (Wildman–Crippen LogP) is 6.08. The van der Waals surface area contributed by atoms with Crippen LogP contribution in [0.25, 0.3) is 11.5 Å². The van der Waals surface area contributed by atoms with Crippen LogP contribution in [-0.4, -0.2) is 26.5 Å². The standard InChI is InChI=1S/C25H20F3N3O2S/c26-25(27,28)22-14-20(21-12-7-13-33-21)29-24(30-22)34-17-23(32)31(15-18-8-3-1-4-9-18)16-19-10-5-2-6-11-19/h1-14H,15-17H2. The third-order valence-electron chi connectivity index (χ3n) is 4.88. The number of halogens is 3. The van der Waals surface area contributed by atoms with Gasteiger partial charge in [0.05, 0.1) is 12.0 Å². The van der Waals surface area contributed by atoms with Crippen LogP contribution >= 0.6 is 11.8 Å². The van der Waals surface area contributed by atoms with Crippen molar-refractivity contribution in [2.75, 3.05) is 5.75 Å². The lowest BCUT2D eigenvalue weighted by atomic mass is 10.1. The summed E-state index contributed by atoms with van der Waals surface area (Å²) >= 11 is 0.865. The largest absolute Gasteiger partial charge is 0.463 e. The first kappa shape index (κ1) is 23.6. The summed E-state index contributed by atoms with van der Waals surface area (Å²) in [6.07, 6.45) is -3.30. The van der Waals surface area contributed by atoms with Gasteiger partial charge in [0.25, 0.3) is 0 Å². The summed E-state index contributed by atoms with van der Waals surface area (Å²) < 4.78 is 45.4. The van der Waals surface area contributed by atoms with Gasteiger partial charge in [-0.1, -0.05) is 72.4 Å². The molecule has 1 amide bonds. The molecule has 9 heteroatoms. The summed E-state index contributed by atoms with van der Waals surface area (Å²) in [6.45, 7) is 0.743. The van der Waals surface area contributed by atoms with Crippen molar-refractivity contribution in [1.82, 2.24) is 14.9 Å². The van der Waals surface area contributed by atoms with E-state index in [1.165, 1.54) is 12.3 Å². The Morgan fingerprint density at radius 2 is 1.50 bits per heavy atom. The number of nitrogens with zero attached hydrogens (tertiary/aromatic N) is 3. The number of hydrogen-bond acceptors (Lipinski definition) is 5. The van der Waals surface area contributed by atoms with E-state index < -0.39 is 11.9 Å². The summed E-state index contributed by atoms with van der Waals surface area (Å²) in [5, 5.41) is -0.144. The number of carbonyl (C=O) groups is 1. The lowest BCUT2D eigenvalue weighted by Crippen LogP contribution is -2.31. The van der Waals surface area contributed by atoms with Crippen LogP contribution in [0.4, 0.5) is 13.2 Å². The van der Waals surface area contributed by atoms with Crippen molar-refractivity contribution in [1.29, 1.82) is 0 Å². The van der Waals surface area contributed by atoms with Crippen LogP contribution < -0.4 is 0 Å². The number of thioether (sulfide) groups is 1. The maximum atomic E-state index is 13.4. The molecule has 174 valence electrons. The van der Waals surface area contributed by atoms with Gasteiger partial charge in [0, 0.05) is 13.1 Å². The Morgan fingerprint density at radius 3 is 2.03 bits per heavy atom. The topological polar surface area (TPSA) is 59.2 Å². The molecule has 0 radical (unpaired) electrons. The molecule has 0 aliphatic heterocycles. The Bertz CT molecular complexity index is 1180. The molecule has 2 heterocycles. The van der Waals surface area contributed by atoms with E-state index in [1.807, 2.05) is 60.7 Å². The van der Waals surface area contributed by atoms with Crippen LogP contribution in [0.5, 0.6) is 0 Å². The van der Waals surface area contributed by atoms with Gasteiger partial charge >= 0.3 is 6.18 Å². The van der Waals surface area contributed by atoms with Crippen LogP contribution in [0.3, 0.4) is 0 Å². The Kier molecular flexibility index (Phi) is 7.32. The van der Waals surface area contributed by atoms with E-state index in [4.69, 9.17) is 4.42 Å². The fourth-order valence-electron chi connectivity index (χ4n) is 3.24. The van der Waals surface area contributed by atoms with E-state index in [-0.39, 0.29) is 28.3 Å². The van der Waals surface area contributed by atoms with E-state index in [9.17, 15) is 18.0 Å². The SMILES string of the molecule is O=C(CSc1nc(-c2ccco2)cc(C(F)(F)F)n1)N(Cc1ccccc1)Cc1ccccc1. The molecule has 0 aliphatic rings. The molecule has 0 saturated heterocycles. The average molecular weight is 484 g/mol. The van der Waals surface area contributed by atoms with Crippen molar-refractivity contribution in [3.63, 3.8) is 0 Å². The average Bonchev–Trinajstić information content (AvgIpc) is 3.38. The van der Waals surface area contributed by atoms with Crippen LogP contribution in [0.1, 0.15) is 16.8 Å². The fourth-order valence-corrected chi connectivity index (χ4v) is 4.00. The van der Waals surface area contributed by atoms with E-state index in [0.29, 0.717) is 13.1 Å². The molecule has 34 heavy (non-hydrogen) atoms. The Labute approximate surface area is 198 Å². The van der Waals surface area contributed by atoms with Gasteiger partial charge in [0.15, 0.2) is 10.9 Å². The van der Waals surface area contributed by atoms with Gasteiger partial charge in [-0.25, -0.2) is 9.97 Å². The minimum Gasteiger partial charge on any atom is -0.463 e. The molecule has 0 atom stereocenters. The van der Waals surface area contributed by atoms with Gasteiger partial charge in [-0.2, -0.15) is 13.2 Å². The van der Waals surface area contributed by atoms with Gasteiger partial charge in [0.2, 0.25) is 5.91 Å². The first-order valence-corrected chi connectivity index (χ1v) is 11.4. The smallest absolute Gasteiger partial charge is 0.433 e. The number of amides is 1. The first-order valence-electron chi connectivity index (χ1n) is 10.4. The zero-order valence-electron chi connectivity index (χ0n) is 17.9. The number of aromatic nitrogens is 2. The van der Waals surface area contributed by atoms with E-state index in [2.05, 4.69) is 9.97 Å². The van der Waals surface area contributed by atoms with Crippen LogP contribution in [0.2, 0.25) is 0 Å². The Balaban J connectivity index is 1.54. The second-order valence-corrected chi connectivity index (χ2v) is 8.35. The molecule has 0 unspecified atom stereocenters. The summed E-state index contributed by atoms with van der Waals surface area (Å²) in [5.74, 6) is -0.160. The Hall–Kier alpha value is -3.59. The quantitative estimate of drug-likeness (QED) is 0.225. The highest BCUT2D eigenvalue weighted by molar-refractivity contribution is 7.99. The van der Waals surface area contributed by atoms with Gasteiger partial charge in [-0.15, -0.1) is 0 Å². The highest BCUT2D eigenvalue weighted by Crippen LogP contribution is 2.32. The number of benzene rings is 2. The summed E-state index contributed by atoms with van der Waals surface area (Å²) in [6, 6.07) is 22.9. The van der Waals surface area contributed by atoms with E-state index >= 15 is 0 Å². The molecular weight excluding hydrogens is 463 g/mol. The molecule has 0 fully saturated rings.